The van der Waals surface area contributed by atoms with Gasteiger partial charge in [0.2, 0.25) is 0 Å². The molecule has 2 saturated heterocycles. The lowest BCUT2D eigenvalue weighted by Gasteiger charge is -2.54. The molecule has 3 aliphatic heterocycles. The normalized spacial score (nSPS) is 24.9. The molecule has 2 spiro atoms. The van der Waals surface area contributed by atoms with E-state index in [1.807, 2.05) is 12.1 Å². The Morgan fingerprint density at radius 1 is 0.925 bits per heavy atom. The fourth-order valence-corrected chi connectivity index (χ4v) is 9.80. The van der Waals surface area contributed by atoms with Crippen molar-refractivity contribution in [1.82, 2.24) is 19.4 Å². The summed E-state index contributed by atoms with van der Waals surface area (Å²) in [6, 6.07) is 13.9. The van der Waals surface area contributed by atoms with E-state index in [9.17, 15) is 4.79 Å². The van der Waals surface area contributed by atoms with Crippen LogP contribution in [0, 0.1) is 5.41 Å². The number of benzene rings is 2. The standard InChI is InChI=1S/C34H41ClN4O/c1-37-21-33(22-37)16-10-25(11-17-33)38-18-12-23(13-19-38)24-8-9-26-29(20-24)39-28-7-5-6-27(35)30(28)31(40)36-32(39)34(26)14-3-2-4-15-34/h5-9,20,23,25H,2-4,10-19,21-22H2,1H3. The van der Waals surface area contributed by atoms with Crippen LogP contribution in [-0.2, 0) is 5.41 Å². The third-order valence-electron chi connectivity index (χ3n) is 11.5. The van der Waals surface area contributed by atoms with Crippen LogP contribution in [0.5, 0.6) is 0 Å². The summed E-state index contributed by atoms with van der Waals surface area (Å²) >= 11 is 6.57. The van der Waals surface area contributed by atoms with E-state index in [1.165, 1.54) is 101 Å². The van der Waals surface area contributed by atoms with Gasteiger partial charge in [-0.05, 0) is 112 Å². The number of nitrogens with zero attached hydrogens (tertiary/aromatic N) is 4. The van der Waals surface area contributed by atoms with Gasteiger partial charge in [-0.15, -0.1) is 0 Å². The number of piperidine rings is 1. The van der Waals surface area contributed by atoms with Gasteiger partial charge in [0, 0.05) is 19.1 Å². The lowest BCUT2D eigenvalue weighted by molar-refractivity contribution is -0.0330. The van der Waals surface area contributed by atoms with Gasteiger partial charge in [-0.1, -0.05) is 49.1 Å². The fourth-order valence-electron chi connectivity index (χ4n) is 9.55. The average molecular weight is 557 g/mol. The van der Waals surface area contributed by atoms with Crippen molar-refractivity contribution < 1.29 is 0 Å². The Hall–Kier alpha value is -2.21. The first-order valence-electron chi connectivity index (χ1n) is 15.8. The first-order valence-corrected chi connectivity index (χ1v) is 16.1. The van der Waals surface area contributed by atoms with E-state index in [2.05, 4.69) is 45.7 Å². The van der Waals surface area contributed by atoms with Crippen molar-refractivity contribution in [2.24, 2.45) is 5.41 Å². The molecular formula is C34H41ClN4O. The van der Waals surface area contributed by atoms with Gasteiger partial charge in [-0.3, -0.25) is 9.36 Å². The van der Waals surface area contributed by atoms with Crippen molar-refractivity contribution in [3.63, 3.8) is 0 Å². The van der Waals surface area contributed by atoms with Crippen LogP contribution in [-0.4, -0.2) is 58.6 Å². The van der Waals surface area contributed by atoms with Crippen molar-refractivity contribution in [1.29, 1.82) is 0 Å². The number of aromatic nitrogens is 2. The third-order valence-corrected chi connectivity index (χ3v) is 11.8. The second-order valence-electron chi connectivity index (χ2n) is 13.8. The van der Waals surface area contributed by atoms with Crippen LogP contribution in [0.1, 0.15) is 93.5 Å². The van der Waals surface area contributed by atoms with E-state index in [-0.39, 0.29) is 11.0 Å². The zero-order valence-corrected chi connectivity index (χ0v) is 24.6. The van der Waals surface area contributed by atoms with E-state index in [4.69, 9.17) is 16.6 Å². The fraction of sp³-hybridized carbons (Fsp3) is 0.588. The molecule has 1 aromatic heterocycles. The number of hydrogen-bond acceptors (Lipinski definition) is 4. The Morgan fingerprint density at radius 3 is 2.40 bits per heavy atom. The molecule has 0 N–H and O–H groups in total. The molecule has 2 saturated carbocycles. The molecule has 4 heterocycles. The molecule has 3 aromatic rings. The van der Waals surface area contributed by atoms with Crippen molar-refractivity contribution >= 4 is 22.5 Å². The van der Waals surface area contributed by atoms with Crippen LogP contribution in [0.2, 0.25) is 5.02 Å². The Labute approximate surface area is 242 Å². The number of fused-ring (bicyclic) bond motifs is 7. The van der Waals surface area contributed by atoms with E-state index in [0.29, 0.717) is 21.7 Å². The van der Waals surface area contributed by atoms with Gasteiger partial charge in [0.15, 0.2) is 0 Å². The largest absolute Gasteiger partial charge is 0.305 e. The Balaban J connectivity index is 1.09. The summed E-state index contributed by atoms with van der Waals surface area (Å²) in [7, 11) is 2.27. The molecule has 210 valence electrons. The molecular weight excluding hydrogens is 516 g/mol. The number of halogens is 1. The molecule has 2 aromatic carbocycles. The average Bonchev–Trinajstić information content (AvgIpc) is 3.21. The summed E-state index contributed by atoms with van der Waals surface area (Å²) in [6.45, 7) is 5.06. The van der Waals surface area contributed by atoms with Crippen molar-refractivity contribution in [2.45, 2.75) is 88.0 Å². The van der Waals surface area contributed by atoms with Gasteiger partial charge in [0.25, 0.3) is 5.56 Å². The first kappa shape index (κ1) is 25.5. The van der Waals surface area contributed by atoms with E-state index < -0.39 is 0 Å². The van der Waals surface area contributed by atoms with Gasteiger partial charge < -0.3 is 9.80 Å². The zero-order chi connectivity index (χ0) is 27.1. The van der Waals surface area contributed by atoms with Crippen LogP contribution in [0.15, 0.2) is 41.2 Å². The highest BCUT2D eigenvalue weighted by atomic mass is 35.5. The Bertz CT molecular complexity index is 1510. The zero-order valence-electron chi connectivity index (χ0n) is 23.8. The number of hydrogen-bond donors (Lipinski definition) is 0. The van der Waals surface area contributed by atoms with Crippen LogP contribution in [0.3, 0.4) is 0 Å². The molecule has 5 aliphatic rings. The van der Waals surface area contributed by atoms with Crippen molar-refractivity contribution in [2.75, 3.05) is 33.2 Å². The molecule has 0 bridgehead atoms. The summed E-state index contributed by atoms with van der Waals surface area (Å²) in [6.07, 6.45) is 13.8. The van der Waals surface area contributed by atoms with Gasteiger partial charge >= 0.3 is 0 Å². The molecule has 0 atom stereocenters. The second-order valence-corrected chi connectivity index (χ2v) is 14.3. The van der Waals surface area contributed by atoms with Crippen LogP contribution in [0.25, 0.3) is 16.6 Å². The van der Waals surface area contributed by atoms with Crippen molar-refractivity contribution in [3.05, 3.63) is 68.7 Å². The molecule has 6 heteroatoms. The minimum absolute atomic E-state index is 0.154. The van der Waals surface area contributed by atoms with Gasteiger partial charge in [-0.25, -0.2) is 0 Å². The Kier molecular flexibility index (Phi) is 5.99. The van der Waals surface area contributed by atoms with Crippen molar-refractivity contribution in [3.8, 4) is 5.69 Å². The molecule has 0 unspecified atom stereocenters. The highest BCUT2D eigenvalue weighted by Gasteiger charge is 2.47. The smallest absolute Gasteiger partial charge is 0.282 e. The van der Waals surface area contributed by atoms with Gasteiger partial charge in [0.1, 0.15) is 5.82 Å². The quantitative estimate of drug-likeness (QED) is 0.354. The summed E-state index contributed by atoms with van der Waals surface area (Å²) in [5.41, 5.74) is 5.27. The molecule has 0 amide bonds. The third kappa shape index (κ3) is 3.80. The molecule has 0 radical (unpaired) electrons. The predicted molar refractivity (Wildman–Crippen MR) is 162 cm³/mol. The monoisotopic (exact) mass is 556 g/mol. The van der Waals surface area contributed by atoms with Gasteiger partial charge in [0.05, 0.1) is 27.0 Å². The Morgan fingerprint density at radius 2 is 1.68 bits per heavy atom. The minimum atomic E-state index is -0.185. The minimum Gasteiger partial charge on any atom is -0.305 e. The first-order chi connectivity index (χ1) is 19.5. The van der Waals surface area contributed by atoms with E-state index >= 15 is 0 Å². The lowest BCUT2D eigenvalue weighted by atomic mass is 9.67. The molecule has 8 rings (SSSR count). The molecule has 40 heavy (non-hydrogen) atoms. The topological polar surface area (TPSA) is 41.4 Å². The van der Waals surface area contributed by atoms with Crippen LogP contribution < -0.4 is 5.56 Å². The summed E-state index contributed by atoms with van der Waals surface area (Å²) in [4.78, 5) is 23.3. The SMILES string of the molecule is CN1CC2(CCC(N3CCC(c4ccc5c(c4)-n4c(nc(=O)c6c(Cl)cccc64)C54CCCCC4)CC3)CC2)C1. The molecule has 5 nitrogen and oxygen atoms in total. The highest BCUT2D eigenvalue weighted by Crippen LogP contribution is 2.52. The molecule has 2 aliphatic carbocycles. The van der Waals surface area contributed by atoms with Crippen LogP contribution in [0.4, 0.5) is 0 Å². The maximum atomic E-state index is 13.3. The van der Waals surface area contributed by atoms with Crippen LogP contribution >= 0.6 is 11.6 Å². The maximum absolute atomic E-state index is 13.3. The number of likely N-dealkylation sites (tertiary alicyclic amines) is 2. The van der Waals surface area contributed by atoms with E-state index in [1.54, 1.807) is 0 Å². The highest BCUT2D eigenvalue weighted by molar-refractivity contribution is 6.35. The lowest BCUT2D eigenvalue weighted by Crippen LogP contribution is -2.57. The number of rotatable bonds is 2. The predicted octanol–water partition coefficient (Wildman–Crippen LogP) is 6.66. The summed E-state index contributed by atoms with van der Waals surface area (Å²) in [5.74, 6) is 1.53. The summed E-state index contributed by atoms with van der Waals surface area (Å²) < 4.78 is 2.30. The summed E-state index contributed by atoms with van der Waals surface area (Å²) in [5, 5.41) is 1.05. The van der Waals surface area contributed by atoms with E-state index in [0.717, 1.165) is 30.2 Å². The maximum Gasteiger partial charge on any atom is 0.282 e. The molecule has 4 fully saturated rings. The van der Waals surface area contributed by atoms with Gasteiger partial charge in [-0.2, -0.15) is 4.98 Å². The second kappa shape index (κ2) is 9.40.